The number of aromatic amines is 2. The second-order valence-corrected chi connectivity index (χ2v) is 7.95. The molecule has 7 nitrogen and oxygen atoms in total. The van der Waals surface area contributed by atoms with Crippen LogP contribution in [0.5, 0.6) is 0 Å². The maximum atomic E-state index is 6.15. The molecule has 6 rings (SSSR count). The van der Waals surface area contributed by atoms with Gasteiger partial charge in [0.15, 0.2) is 17.3 Å². The van der Waals surface area contributed by atoms with Gasteiger partial charge in [-0.15, -0.1) is 0 Å². The molecule has 0 radical (unpaired) electrons. The molecule has 150 valence electrons. The van der Waals surface area contributed by atoms with Gasteiger partial charge in [-0.25, -0.2) is 4.98 Å². The van der Waals surface area contributed by atoms with E-state index in [1.807, 2.05) is 24.3 Å². The van der Waals surface area contributed by atoms with Crippen molar-refractivity contribution in [2.45, 2.75) is 32.1 Å². The van der Waals surface area contributed by atoms with Gasteiger partial charge >= 0.3 is 0 Å². The second kappa shape index (κ2) is 7.02. The molecule has 0 amide bonds. The Morgan fingerprint density at radius 3 is 2.87 bits per heavy atom. The van der Waals surface area contributed by atoms with E-state index in [-0.39, 0.29) is 0 Å². The number of hydrogen-bond donors (Lipinski definition) is 2. The number of allylic oxidation sites excluding steroid dienone is 4. The van der Waals surface area contributed by atoms with Gasteiger partial charge < -0.3 is 9.47 Å². The summed E-state index contributed by atoms with van der Waals surface area (Å²) in [6.45, 7) is 0. The number of nitrogens with zero attached hydrogens (tertiary/aromatic N) is 3. The predicted octanol–water partition coefficient (Wildman–Crippen LogP) is 4.76. The molecule has 1 fully saturated rings. The van der Waals surface area contributed by atoms with Crippen molar-refractivity contribution in [2.75, 3.05) is 0 Å². The Morgan fingerprint density at radius 1 is 1.07 bits per heavy atom. The summed E-state index contributed by atoms with van der Waals surface area (Å²) in [7, 11) is 0. The summed E-state index contributed by atoms with van der Waals surface area (Å²) >= 11 is 0. The molecule has 7 heteroatoms. The lowest BCUT2D eigenvalue weighted by Gasteiger charge is -2.18. The fraction of sp³-hybridized carbons (Fsp3) is 0.261. The van der Waals surface area contributed by atoms with Gasteiger partial charge in [-0.2, -0.15) is 10.2 Å². The van der Waals surface area contributed by atoms with E-state index in [0.717, 1.165) is 58.8 Å². The summed E-state index contributed by atoms with van der Waals surface area (Å²) in [4.78, 5) is 4.68. The van der Waals surface area contributed by atoms with Gasteiger partial charge in [0, 0.05) is 17.4 Å². The molecule has 0 bridgehead atoms. The van der Waals surface area contributed by atoms with Crippen LogP contribution in [0.3, 0.4) is 0 Å². The highest BCUT2D eigenvalue weighted by Gasteiger charge is 2.24. The van der Waals surface area contributed by atoms with E-state index in [4.69, 9.17) is 9.47 Å². The molecule has 1 aromatic carbocycles. The molecule has 0 unspecified atom stereocenters. The van der Waals surface area contributed by atoms with Gasteiger partial charge in [-0.05, 0) is 55.4 Å². The minimum atomic E-state index is 0.579. The van der Waals surface area contributed by atoms with Gasteiger partial charge in [0.2, 0.25) is 0 Å². The molecule has 0 saturated heterocycles. The lowest BCUT2D eigenvalue weighted by molar-refractivity contribution is 0.284. The van der Waals surface area contributed by atoms with Crippen LogP contribution in [-0.2, 0) is 15.9 Å². The Labute approximate surface area is 173 Å². The number of benzene rings is 1. The lowest BCUT2D eigenvalue weighted by Crippen LogP contribution is -2.04. The fourth-order valence-electron chi connectivity index (χ4n) is 3.83. The molecule has 1 saturated carbocycles. The molecule has 30 heavy (non-hydrogen) atoms. The predicted molar refractivity (Wildman–Crippen MR) is 113 cm³/mol. The Kier molecular flexibility index (Phi) is 4.04. The molecule has 3 aliphatic rings. The van der Waals surface area contributed by atoms with Crippen molar-refractivity contribution < 1.29 is 9.47 Å². The Morgan fingerprint density at radius 2 is 2.00 bits per heavy atom. The Bertz CT molecular complexity index is 1240. The summed E-state index contributed by atoms with van der Waals surface area (Å²) in [5.41, 5.74) is 3.69. The van der Waals surface area contributed by atoms with Gasteiger partial charge in [0.05, 0.1) is 5.52 Å². The van der Waals surface area contributed by atoms with E-state index in [1.165, 1.54) is 12.8 Å². The van der Waals surface area contributed by atoms with Crippen molar-refractivity contribution in [1.82, 2.24) is 25.4 Å². The molecule has 3 heterocycles. The first-order valence-corrected chi connectivity index (χ1v) is 10.3. The Balaban J connectivity index is 1.30. The zero-order valence-corrected chi connectivity index (χ0v) is 16.4. The van der Waals surface area contributed by atoms with Crippen molar-refractivity contribution in [3.63, 3.8) is 0 Å². The Hall–Kier alpha value is -3.61. The number of hydrogen-bond acceptors (Lipinski definition) is 5. The van der Waals surface area contributed by atoms with Crippen LogP contribution in [0.25, 0.3) is 28.0 Å². The molecule has 0 spiro atoms. The van der Waals surface area contributed by atoms with Crippen LogP contribution in [-0.4, -0.2) is 25.4 Å². The summed E-state index contributed by atoms with van der Waals surface area (Å²) in [6, 6.07) is 6.04. The first-order chi connectivity index (χ1) is 14.8. The van der Waals surface area contributed by atoms with Crippen molar-refractivity contribution >= 4 is 16.7 Å². The first kappa shape index (κ1) is 17.3. The van der Waals surface area contributed by atoms with Gasteiger partial charge in [-0.1, -0.05) is 18.2 Å². The summed E-state index contributed by atoms with van der Waals surface area (Å²) in [5.74, 6) is 3.73. The normalized spacial score (nSPS) is 18.5. The van der Waals surface area contributed by atoms with Gasteiger partial charge in [-0.3, -0.25) is 10.2 Å². The monoisotopic (exact) mass is 399 g/mol. The van der Waals surface area contributed by atoms with E-state index in [1.54, 1.807) is 12.5 Å². The molecule has 1 aliphatic heterocycles. The van der Waals surface area contributed by atoms with Crippen LogP contribution in [0.1, 0.15) is 37.2 Å². The van der Waals surface area contributed by atoms with E-state index in [9.17, 15) is 0 Å². The smallest absolute Gasteiger partial charge is 0.190 e. The fourth-order valence-corrected chi connectivity index (χ4v) is 3.83. The molecular formula is C23H21N5O2. The van der Waals surface area contributed by atoms with Crippen LogP contribution < -0.4 is 0 Å². The highest BCUT2D eigenvalue weighted by molar-refractivity contribution is 5.91. The number of H-pyrrole nitrogens is 2. The minimum absolute atomic E-state index is 0.579. The van der Waals surface area contributed by atoms with Crippen LogP contribution in [0.15, 0.2) is 60.3 Å². The van der Waals surface area contributed by atoms with Crippen LogP contribution in [0.4, 0.5) is 0 Å². The second-order valence-electron chi connectivity index (χ2n) is 7.95. The van der Waals surface area contributed by atoms with Crippen molar-refractivity contribution in [3.8, 4) is 11.4 Å². The molecule has 0 atom stereocenters. The maximum absolute atomic E-state index is 6.15. The molecular weight excluding hydrogens is 378 g/mol. The summed E-state index contributed by atoms with van der Waals surface area (Å²) < 4.78 is 11.7. The topological polar surface area (TPSA) is 88.7 Å². The molecule has 2 aromatic heterocycles. The van der Waals surface area contributed by atoms with E-state index >= 15 is 0 Å². The number of aromatic nitrogens is 5. The number of rotatable bonds is 5. The SMILES string of the molecule is C1=CCCC(C2=COC=C(c3n[nH]c4ccc(-c5n[nH]c(CC6CC6)n5)cc34)O2)=C1. The lowest BCUT2D eigenvalue weighted by atomic mass is 10.0. The largest absolute Gasteiger partial charge is 0.465 e. The third-order valence-corrected chi connectivity index (χ3v) is 5.67. The van der Waals surface area contributed by atoms with Crippen LogP contribution >= 0.6 is 0 Å². The molecule has 2 aliphatic carbocycles. The summed E-state index contributed by atoms with van der Waals surface area (Å²) in [5, 5.41) is 16.0. The van der Waals surface area contributed by atoms with Gasteiger partial charge in [0.25, 0.3) is 0 Å². The van der Waals surface area contributed by atoms with Crippen LogP contribution in [0, 0.1) is 5.92 Å². The summed E-state index contributed by atoms with van der Waals surface area (Å²) in [6.07, 6.45) is 15.0. The average molecular weight is 399 g/mol. The first-order valence-electron chi connectivity index (χ1n) is 10.3. The minimum Gasteiger partial charge on any atom is -0.465 e. The van der Waals surface area contributed by atoms with E-state index < -0.39 is 0 Å². The zero-order valence-electron chi connectivity index (χ0n) is 16.4. The van der Waals surface area contributed by atoms with Crippen molar-refractivity contribution in [3.05, 3.63) is 71.8 Å². The number of fused-ring (bicyclic) bond motifs is 1. The van der Waals surface area contributed by atoms with Crippen molar-refractivity contribution in [2.24, 2.45) is 5.92 Å². The van der Waals surface area contributed by atoms with Gasteiger partial charge in [0.1, 0.15) is 24.0 Å². The third kappa shape index (κ3) is 3.22. The highest BCUT2D eigenvalue weighted by atomic mass is 16.5. The van der Waals surface area contributed by atoms with Crippen molar-refractivity contribution in [1.29, 1.82) is 0 Å². The van der Waals surface area contributed by atoms with Crippen LogP contribution in [0.2, 0.25) is 0 Å². The average Bonchev–Trinajstić information content (AvgIpc) is 3.32. The number of nitrogens with one attached hydrogen (secondary N) is 2. The molecule has 2 N–H and O–H groups in total. The highest BCUT2D eigenvalue weighted by Crippen LogP contribution is 2.34. The zero-order chi connectivity index (χ0) is 19.9. The standard InChI is InChI=1S/C23H21N5O2/c1-2-4-15(5-3-1)19-12-29-13-20(30-19)22-17-11-16(8-9-18(17)25-27-22)23-24-21(26-28-23)10-14-6-7-14/h1-2,4,8-9,11-14H,3,5-7,10H2,(H,25,27)(H,24,26,28). The quantitative estimate of drug-likeness (QED) is 0.645. The van der Waals surface area contributed by atoms with E-state index in [2.05, 4.69) is 37.5 Å². The van der Waals surface area contributed by atoms with E-state index in [0.29, 0.717) is 17.3 Å². The number of ether oxygens (including phenoxy) is 2. The maximum Gasteiger partial charge on any atom is 0.190 e. The third-order valence-electron chi connectivity index (χ3n) is 5.67. The molecule has 3 aromatic rings.